The predicted octanol–water partition coefficient (Wildman–Crippen LogP) is 4.35. The molecule has 1 fully saturated rings. The Morgan fingerprint density at radius 1 is 0.893 bits per heavy atom. The molecule has 1 aromatic carbocycles. The molecule has 0 bridgehead atoms. The highest BCUT2D eigenvalue weighted by molar-refractivity contribution is 5.90. The van der Waals surface area contributed by atoms with Crippen molar-refractivity contribution in [2.24, 2.45) is 0 Å². The number of carbonyl (C=O) groups excluding carboxylic acids is 2. The first-order valence-corrected chi connectivity index (χ1v) is 11.0. The monoisotopic (exact) mass is 387 g/mol. The van der Waals surface area contributed by atoms with Gasteiger partial charge in [-0.15, -0.1) is 0 Å². The van der Waals surface area contributed by atoms with E-state index < -0.39 is 0 Å². The molecule has 2 rings (SSSR count). The molecule has 2 amide bonds. The van der Waals surface area contributed by atoms with Crippen molar-refractivity contribution < 1.29 is 9.59 Å². The van der Waals surface area contributed by atoms with Gasteiger partial charge in [0.1, 0.15) is 0 Å². The molecule has 1 saturated carbocycles. The molecule has 156 valence electrons. The molecule has 0 atom stereocenters. The van der Waals surface area contributed by atoms with E-state index in [0.29, 0.717) is 25.4 Å². The largest absolute Gasteiger partial charge is 0.353 e. The van der Waals surface area contributed by atoms with Crippen LogP contribution >= 0.6 is 0 Å². The third-order valence-corrected chi connectivity index (χ3v) is 5.14. The number of nitrogens with zero attached hydrogens (tertiary/aromatic N) is 1. The summed E-state index contributed by atoms with van der Waals surface area (Å²) < 4.78 is 0. The third kappa shape index (κ3) is 10.5. The van der Waals surface area contributed by atoms with Crippen LogP contribution in [0.4, 0.5) is 5.69 Å². The summed E-state index contributed by atoms with van der Waals surface area (Å²) in [5.74, 6) is 0.172. The number of hydrogen-bond acceptors (Lipinski definition) is 3. The maximum absolute atomic E-state index is 12.2. The second-order valence-electron chi connectivity index (χ2n) is 7.87. The van der Waals surface area contributed by atoms with Gasteiger partial charge in [0.2, 0.25) is 11.8 Å². The van der Waals surface area contributed by atoms with Crippen molar-refractivity contribution >= 4 is 17.5 Å². The molecule has 2 N–H and O–H groups in total. The molecule has 0 aliphatic heterocycles. The van der Waals surface area contributed by atoms with Crippen molar-refractivity contribution in [2.75, 3.05) is 25.0 Å². The molecule has 0 saturated heterocycles. The summed E-state index contributed by atoms with van der Waals surface area (Å²) in [4.78, 5) is 26.5. The van der Waals surface area contributed by atoms with E-state index in [9.17, 15) is 9.59 Å². The second kappa shape index (κ2) is 13.3. The Labute approximate surface area is 170 Å². The van der Waals surface area contributed by atoms with Gasteiger partial charge in [0.05, 0.1) is 0 Å². The summed E-state index contributed by atoms with van der Waals surface area (Å²) in [6.45, 7) is 4.62. The van der Waals surface area contributed by atoms with Gasteiger partial charge in [-0.2, -0.15) is 0 Å². The van der Waals surface area contributed by atoms with Gasteiger partial charge in [-0.25, -0.2) is 0 Å². The van der Waals surface area contributed by atoms with Crippen molar-refractivity contribution in [1.82, 2.24) is 10.2 Å². The maximum Gasteiger partial charge on any atom is 0.225 e. The van der Waals surface area contributed by atoms with E-state index in [0.717, 1.165) is 38.0 Å². The highest BCUT2D eigenvalue weighted by Crippen LogP contribution is 2.18. The average molecular weight is 388 g/mol. The lowest BCUT2D eigenvalue weighted by Gasteiger charge is -2.22. The van der Waals surface area contributed by atoms with E-state index in [1.807, 2.05) is 30.3 Å². The first-order chi connectivity index (χ1) is 13.7. The molecule has 28 heavy (non-hydrogen) atoms. The van der Waals surface area contributed by atoms with Crippen LogP contribution in [0.25, 0.3) is 0 Å². The number of nitrogens with one attached hydrogen (secondary N) is 2. The minimum absolute atomic E-state index is 0.0292. The normalized spacial score (nSPS) is 13.5. The lowest BCUT2D eigenvalue weighted by Crippen LogP contribution is -2.34. The maximum atomic E-state index is 12.2. The van der Waals surface area contributed by atoms with Crippen molar-refractivity contribution in [3.8, 4) is 0 Å². The first kappa shape index (κ1) is 22.4. The van der Waals surface area contributed by atoms with Crippen LogP contribution in [0, 0.1) is 0 Å². The zero-order chi connectivity index (χ0) is 20.0. The third-order valence-electron chi connectivity index (χ3n) is 5.14. The minimum Gasteiger partial charge on any atom is -0.353 e. The van der Waals surface area contributed by atoms with Crippen LogP contribution in [-0.2, 0) is 9.59 Å². The molecule has 0 spiro atoms. The quantitative estimate of drug-likeness (QED) is 0.440. The standard InChI is InChI=1S/C23H37N3O2/c1-2-3-4-5-6-10-17-26(19-16-23(28)25-21-13-14-21)18-15-22(27)24-20-11-8-7-9-12-20/h7-9,11-12,21H,2-6,10,13-19H2,1H3,(H,24,27)(H,25,28). The predicted molar refractivity (Wildman–Crippen MR) is 115 cm³/mol. The average Bonchev–Trinajstić information content (AvgIpc) is 3.50. The van der Waals surface area contributed by atoms with Gasteiger partial charge in [-0.05, 0) is 37.9 Å². The highest BCUT2D eigenvalue weighted by Gasteiger charge is 2.23. The fourth-order valence-electron chi connectivity index (χ4n) is 3.24. The summed E-state index contributed by atoms with van der Waals surface area (Å²) >= 11 is 0. The molecule has 0 aromatic heterocycles. The zero-order valence-corrected chi connectivity index (χ0v) is 17.4. The van der Waals surface area contributed by atoms with Crippen molar-refractivity contribution in [2.45, 2.75) is 77.2 Å². The second-order valence-corrected chi connectivity index (χ2v) is 7.87. The number of amides is 2. The summed E-state index contributed by atoms with van der Waals surface area (Å²) in [7, 11) is 0. The number of unbranched alkanes of at least 4 members (excludes halogenated alkanes) is 5. The molecule has 0 heterocycles. The molecule has 1 aliphatic carbocycles. The number of hydrogen-bond donors (Lipinski definition) is 2. The van der Waals surface area contributed by atoms with Crippen LogP contribution in [0.5, 0.6) is 0 Å². The van der Waals surface area contributed by atoms with Crippen LogP contribution in [-0.4, -0.2) is 42.4 Å². The van der Waals surface area contributed by atoms with E-state index in [4.69, 9.17) is 0 Å². The molecule has 0 radical (unpaired) electrons. The van der Waals surface area contributed by atoms with E-state index in [-0.39, 0.29) is 11.8 Å². The fourth-order valence-corrected chi connectivity index (χ4v) is 3.24. The van der Waals surface area contributed by atoms with E-state index in [2.05, 4.69) is 22.5 Å². The first-order valence-electron chi connectivity index (χ1n) is 11.0. The Morgan fingerprint density at radius 2 is 1.54 bits per heavy atom. The zero-order valence-electron chi connectivity index (χ0n) is 17.4. The Hall–Kier alpha value is -1.88. The number of benzene rings is 1. The lowest BCUT2D eigenvalue weighted by atomic mass is 10.1. The lowest BCUT2D eigenvalue weighted by molar-refractivity contribution is -0.121. The fraction of sp³-hybridized carbons (Fsp3) is 0.652. The molecule has 5 heteroatoms. The Morgan fingerprint density at radius 3 is 2.21 bits per heavy atom. The van der Waals surface area contributed by atoms with Crippen LogP contribution < -0.4 is 10.6 Å². The van der Waals surface area contributed by atoms with Gasteiger partial charge >= 0.3 is 0 Å². The van der Waals surface area contributed by atoms with Gasteiger partial charge in [-0.3, -0.25) is 9.59 Å². The Kier molecular flexibility index (Phi) is 10.7. The van der Waals surface area contributed by atoms with Crippen molar-refractivity contribution in [1.29, 1.82) is 0 Å². The van der Waals surface area contributed by atoms with Crippen LogP contribution in [0.1, 0.15) is 71.1 Å². The van der Waals surface area contributed by atoms with Gasteiger partial charge in [0.25, 0.3) is 0 Å². The van der Waals surface area contributed by atoms with Gasteiger partial charge in [-0.1, -0.05) is 57.2 Å². The van der Waals surface area contributed by atoms with Crippen LogP contribution in [0.3, 0.4) is 0 Å². The number of para-hydroxylation sites is 1. The van der Waals surface area contributed by atoms with Crippen LogP contribution in [0.2, 0.25) is 0 Å². The van der Waals surface area contributed by atoms with E-state index in [1.54, 1.807) is 0 Å². The van der Waals surface area contributed by atoms with Gasteiger partial charge in [0.15, 0.2) is 0 Å². The Bertz CT molecular complexity index is 572. The summed E-state index contributed by atoms with van der Waals surface area (Å²) in [5, 5.41) is 5.99. The minimum atomic E-state index is 0.0292. The summed E-state index contributed by atoms with van der Waals surface area (Å²) in [5.41, 5.74) is 0.832. The summed E-state index contributed by atoms with van der Waals surface area (Å²) in [6.07, 6.45) is 10.7. The van der Waals surface area contributed by atoms with Crippen LogP contribution in [0.15, 0.2) is 30.3 Å². The number of rotatable bonds is 15. The molecule has 1 aliphatic rings. The van der Waals surface area contributed by atoms with Gasteiger partial charge in [0, 0.05) is 37.7 Å². The van der Waals surface area contributed by atoms with Crippen molar-refractivity contribution in [3.63, 3.8) is 0 Å². The van der Waals surface area contributed by atoms with Gasteiger partial charge < -0.3 is 15.5 Å². The number of anilines is 1. The molecule has 5 nitrogen and oxygen atoms in total. The van der Waals surface area contributed by atoms with Crippen molar-refractivity contribution in [3.05, 3.63) is 30.3 Å². The highest BCUT2D eigenvalue weighted by atomic mass is 16.2. The smallest absolute Gasteiger partial charge is 0.225 e. The van der Waals surface area contributed by atoms with E-state index in [1.165, 1.54) is 32.1 Å². The molecular weight excluding hydrogens is 350 g/mol. The SMILES string of the molecule is CCCCCCCCN(CCC(=O)Nc1ccccc1)CCC(=O)NC1CC1. The van der Waals surface area contributed by atoms with E-state index >= 15 is 0 Å². The number of carbonyl (C=O) groups is 2. The molecule has 0 unspecified atom stereocenters. The topological polar surface area (TPSA) is 61.4 Å². The molecule has 1 aromatic rings. The molecular formula is C23H37N3O2. The summed E-state index contributed by atoms with van der Waals surface area (Å²) in [6, 6.07) is 9.97. The Balaban J connectivity index is 1.69.